The van der Waals surface area contributed by atoms with Crippen molar-refractivity contribution in [3.8, 4) is 0 Å². The van der Waals surface area contributed by atoms with Crippen molar-refractivity contribution >= 4 is 45.8 Å². The van der Waals surface area contributed by atoms with Gasteiger partial charge in [-0.3, -0.25) is 14.3 Å². The smallest absolute Gasteiger partial charge is 0.338 e. The molecule has 0 fully saturated rings. The van der Waals surface area contributed by atoms with E-state index in [0.29, 0.717) is 25.6 Å². The van der Waals surface area contributed by atoms with Crippen LogP contribution in [0.2, 0.25) is 5.02 Å². The highest BCUT2D eigenvalue weighted by Gasteiger charge is 2.33. The summed E-state index contributed by atoms with van der Waals surface area (Å²) < 4.78 is 7.42. The van der Waals surface area contributed by atoms with E-state index in [4.69, 9.17) is 16.3 Å². The number of carbonyl (C=O) groups excluding carboxylic acids is 1. The van der Waals surface area contributed by atoms with E-state index in [-0.39, 0.29) is 12.2 Å². The van der Waals surface area contributed by atoms with Gasteiger partial charge in [-0.05, 0) is 53.8 Å². The van der Waals surface area contributed by atoms with Crippen LogP contribution in [0.5, 0.6) is 0 Å². The Morgan fingerprint density at radius 3 is 2.77 bits per heavy atom. The van der Waals surface area contributed by atoms with Crippen LogP contribution in [0.4, 0.5) is 0 Å². The number of benzene rings is 2. The van der Waals surface area contributed by atoms with Crippen LogP contribution >= 0.6 is 22.9 Å². The quantitative estimate of drug-likeness (QED) is 0.304. The van der Waals surface area contributed by atoms with E-state index in [9.17, 15) is 9.59 Å². The zero-order valence-electron chi connectivity index (χ0n) is 18.8. The Morgan fingerprint density at radius 2 is 2.00 bits per heavy atom. The number of fused-ring (bicyclic) bond motifs is 2. The first-order chi connectivity index (χ1) is 17.0. The lowest BCUT2D eigenvalue weighted by atomic mass is 9.96. The Morgan fingerprint density at radius 1 is 1.20 bits per heavy atom. The van der Waals surface area contributed by atoms with Crippen LogP contribution in [0.25, 0.3) is 16.8 Å². The average molecular weight is 502 g/mol. The van der Waals surface area contributed by atoms with Crippen LogP contribution in [-0.2, 0) is 9.53 Å². The molecule has 0 N–H and O–H groups in total. The third-order valence-electron chi connectivity index (χ3n) is 5.72. The number of aromatic nitrogens is 2. The number of nitrogens with zero attached hydrogens (tertiary/aromatic N) is 3. The Kier molecular flexibility index (Phi) is 6.19. The summed E-state index contributed by atoms with van der Waals surface area (Å²) in [5.41, 5.74) is 2.19. The summed E-state index contributed by atoms with van der Waals surface area (Å²) in [6, 6.07) is 14.3. The molecule has 0 bridgehead atoms. The minimum Gasteiger partial charge on any atom is -0.458 e. The lowest BCUT2D eigenvalue weighted by Crippen LogP contribution is -2.39. The van der Waals surface area contributed by atoms with Crippen molar-refractivity contribution in [2.75, 3.05) is 6.61 Å². The fraction of sp³-hybridized carbons (Fsp3) is 0.111. The number of allylic oxidation sites excluding steroid dienone is 1. The largest absolute Gasteiger partial charge is 0.458 e. The van der Waals surface area contributed by atoms with Crippen molar-refractivity contribution in [1.29, 1.82) is 0 Å². The number of carbonyl (C=O) groups is 1. The summed E-state index contributed by atoms with van der Waals surface area (Å²) in [5, 5.41) is 2.61. The van der Waals surface area contributed by atoms with Crippen molar-refractivity contribution < 1.29 is 9.53 Å². The number of hydrogen-bond donors (Lipinski definition) is 0. The molecule has 1 aliphatic heterocycles. The maximum absolute atomic E-state index is 13.7. The third-order valence-corrected chi connectivity index (χ3v) is 6.96. The van der Waals surface area contributed by atoms with Gasteiger partial charge < -0.3 is 4.74 Å². The summed E-state index contributed by atoms with van der Waals surface area (Å²) in [6.45, 7) is 5.41. The van der Waals surface area contributed by atoms with Crippen molar-refractivity contribution in [2.24, 2.45) is 4.99 Å². The summed E-state index contributed by atoms with van der Waals surface area (Å²) in [6.07, 6.45) is 6.87. The molecular formula is C27H20ClN3O3S. The zero-order chi connectivity index (χ0) is 24.5. The maximum Gasteiger partial charge on any atom is 0.338 e. The SMILES string of the molecule is C=CCOC(=O)C1=C(C)N=c2s/c(=C/c3ccc4ccncc4c3)c(=O)n2[C@@H]1c1ccc(Cl)cc1. The number of thiazole rings is 1. The van der Waals surface area contributed by atoms with Crippen molar-refractivity contribution in [2.45, 2.75) is 13.0 Å². The molecule has 1 atom stereocenters. The average Bonchev–Trinajstić information content (AvgIpc) is 3.16. The standard InChI is InChI=1S/C27H20ClN3O3S/c1-3-12-34-26(33)23-16(2)30-27-31(24(23)19-6-8-21(28)9-7-19)25(32)22(35-27)14-17-4-5-18-10-11-29-15-20(18)13-17/h3-11,13-15,24H,1,12H2,2H3/b22-14+/t24-/m1/s1. The van der Waals surface area contributed by atoms with Crippen LogP contribution in [0.1, 0.15) is 24.1 Å². The second kappa shape index (κ2) is 9.44. The third kappa shape index (κ3) is 4.36. The second-order valence-electron chi connectivity index (χ2n) is 8.00. The molecule has 174 valence electrons. The van der Waals surface area contributed by atoms with Crippen LogP contribution in [0.3, 0.4) is 0 Å². The van der Waals surface area contributed by atoms with E-state index in [2.05, 4.69) is 16.6 Å². The molecule has 3 heterocycles. The van der Waals surface area contributed by atoms with Gasteiger partial charge >= 0.3 is 5.97 Å². The van der Waals surface area contributed by atoms with Crippen molar-refractivity contribution in [3.05, 3.63) is 121 Å². The Bertz CT molecular complexity index is 1680. The number of ether oxygens (including phenoxy) is 1. The highest BCUT2D eigenvalue weighted by atomic mass is 35.5. The molecule has 0 aliphatic carbocycles. The van der Waals surface area contributed by atoms with Gasteiger partial charge in [0.2, 0.25) is 0 Å². The molecule has 0 saturated carbocycles. The van der Waals surface area contributed by atoms with Gasteiger partial charge in [0.05, 0.1) is 21.8 Å². The Labute approximate surface area is 209 Å². The van der Waals surface area contributed by atoms with E-state index >= 15 is 0 Å². The molecule has 2 aromatic carbocycles. The van der Waals surface area contributed by atoms with Crippen LogP contribution < -0.4 is 14.9 Å². The summed E-state index contributed by atoms with van der Waals surface area (Å²) in [5.74, 6) is -0.539. The molecule has 0 saturated heterocycles. The number of rotatable bonds is 5. The Balaban J connectivity index is 1.69. The number of halogens is 1. The summed E-state index contributed by atoms with van der Waals surface area (Å²) in [7, 11) is 0. The zero-order valence-corrected chi connectivity index (χ0v) is 20.3. The van der Waals surface area contributed by atoms with Gasteiger partial charge in [0.25, 0.3) is 5.56 Å². The van der Waals surface area contributed by atoms with E-state index in [1.54, 1.807) is 48.1 Å². The second-order valence-corrected chi connectivity index (χ2v) is 9.45. The van der Waals surface area contributed by atoms with Crippen molar-refractivity contribution in [3.63, 3.8) is 0 Å². The molecule has 2 aromatic heterocycles. The minimum atomic E-state index is -0.691. The molecular weight excluding hydrogens is 482 g/mol. The molecule has 5 rings (SSSR count). The summed E-state index contributed by atoms with van der Waals surface area (Å²) >= 11 is 7.39. The molecule has 0 unspecified atom stereocenters. The van der Waals surface area contributed by atoms with Gasteiger partial charge in [0, 0.05) is 22.8 Å². The van der Waals surface area contributed by atoms with Gasteiger partial charge in [0.15, 0.2) is 4.80 Å². The topological polar surface area (TPSA) is 73.6 Å². The first kappa shape index (κ1) is 23.0. The van der Waals surface area contributed by atoms with Crippen molar-refractivity contribution in [1.82, 2.24) is 9.55 Å². The van der Waals surface area contributed by atoms with Gasteiger partial charge in [-0.25, -0.2) is 9.79 Å². The highest BCUT2D eigenvalue weighted by molar-refractivity contribution is 7.07. The number of pyridine rings is 1. The molecule has 6 nitrogen and oxygen atoms in total. The predicted octanol–water partition coefficient (Wildman–Crippen LogP) is 4.17. The number of esters is 1. The maximum atomic E-state index is 13.7. The molecule has 0 radical (unpaired) electrons. The molecule has 1 aliphatic rings. The van der Waals surface area contributed by atoms with Gasteiger partial charge in [-0.1, -0.05) is 59.9 Å². The van der Waals surface area contributed by atoms with Gasteiger partial charge in [0.1, 0.15) is 6.61 Å². The van der Waals surface area contributed by atoms with Gasteiger partial charge in [-0.15, -0.1) is 0 Å². The minimum absolute atomic E-state index is 0.0597. The fourth-order valence-electron chi connectivity index (χ4n) is 4.10. The molecule has 35 heavy (non-hydrogen) atoms. The highest BCUT2D eigenvalue weighted by Crippen LogP contribution is 2.31. The first-order valence-electron chi connectivity index (χ1n) is 10.9. The lowest BCUT2D eigenvalue weighted by Gasteiger charge is -2.24. The van der Waals surface area contributed by atoms with Crippen LogP contribution in [0.15, 0.2) is 94.6 Å². The summed E-state index contributed by atoms with van der Waals surface area (Å²) in [4.78, 5) is 36.0. The van der Waals surface area contributed by atoms with E-state index < -0.39 is 12.0 Å². The number of hydrogen-bond acceptors (Lipinski definition) is 6. The monoisotopic (exact) mass is 501 g/mol. The Hall–Kier alpha value is -3.81. The first-order valence-corrected chi connectivity index (χ1v) is 12.1. The van der Waals surface area contributed by atoms with E-state index in [1.165, 1.54) is 17.4 Å². The molecule has 0 spiro atoms. The fourth-order valence-corrected chi connectivity index (χ4v) is 5.27. The molecule has 0 amide bonds. The molecule has 8 heteroatoms. The molecule has 4 aromatic rings. The van der Waals surface area contributed by atoms with E-state index in [0.717, 1.165) is 21.9 Å². The van der Waals surface area contributed by atoms with Crippen LogP contribution in [0, 0.1) is 0 Å². The van der Waals surface area contributed by atoms with Crippen LogP contribution in [-0.4, -0.2) is 22.1 Å². The normalized spacial score (nSPS) is 15.6. The lowest BCUT2D eigenvalue weighted by molar-refractivity contribution is -0.138. The predicted molar refractivity (Wildman–Crippen MR) is 138 cm³/mol. The van der Waals surface area contributed by atoms with E-state index in [1.807, 2.05) is 30.3 Å². The van der Waals surface area contributed by atoms with Gasteiger partial charge in [-0.2, -0.15) is 0 Å².